The Bertz CT molecular complexity index is 354. The Morgan fingerprint density at radius 3 is 2.19 bits per heavy atom. The fourth-order valence-corrected chi connectivity index (χ4v) is 3.10. The van der Waals surface area contributed by atoms with E-state index in [4.69, 9.17) is 0 Å². The predicted octanol–water partition coefficient (Wildman–Crippen LogP) is 5.55. The van der Waals surface area contributed by atoms with E-state index in [9.17, 15) is 0 Å². The molecule has 1 unspecified atom stereocenters. The van der Waals surface area contributed by atoms with Gasteiger partial charge >= 0.3 is 0 Å². The zero-order valence-corrected chi connectivity index (χ0v) is 14.7. The van der Waals surface area contributed by atoms with Gasteiger partial charge in [0, 0.05) is 25.0 Å². The molecular formula is C19H36N2. The summed E-state index contributed by atoms with van der Waals surface area (Å²) in [5.74, 6) is 0.633. The van der Waals surface area contributed by atoms with Gasteiger partial charge in [0.15, 0.2) is 0 Å². The largest absolute Gasteiger partial charge is 0.354 e. The van der Waals surface area contributed by atoms with Gasteiger partial charge < -0.3 is 9.88 Å². The summed E-state index contributed by atoms with van der Waals surface area (Å²) in [4.78, 5) is 0. The molecule has 1 aromatic rings. The van der Waals surface area contributed by atoms with E-state index in [1.54, 1.807) is 0 Å². The molecule has 0 fully saturated rings. The van der Waals surface area contributed by atoms with Crippen LogP contribution < -0.4 is 5.32 Å². The minimum absolute atomic E-state index is 0.477. The van der Waals surface area contributed by atoms with Crippen LogP contribution in [0.2, 0.25) is 0 Å². The highest BCUT2D eigenvalue weighted by atomic mass is 15.0. The SMILES string of the molecule is CCCCCCCCCCn1ccc(C(NC)C(C)C)c1. The normalized spacial score (nSPS) is 13.0. The number of aryl methyl sites for hydroxylation is 1. The molecule has 0 amide bonds. The monoisotopic (exact) mass is 292 g/mol. The van der Waals surface area contributed by atoms with Crippen LogP contribution in [0.4, 0.5) is 0 Å². The second-order valence-electron chi connectivity index (χ2n) is 6.67. The lowest BCUT2D eigenvalue weighted by atomic mass is 9.99. The van der Waals surface area contributed by atoms with Gasteiger partial charge in [-0.3, -0.25) is 0 Å². The maximum Gasteiger partial charge on any atom is 0.0355 e. The lowest BCUT2D eigenvalue weighted by Crippen LogP contribution is -2.21. The van der Waals surface area contributed by atoms with Crippen molar-refractivity contribution >= 4 is 0 Å². The highest BCUT2D eigenvalue weighted by molar-refractivity contribution is 5.16. The summed E-state index contributed by atoms with van der Waals surface area (Å²) in [5, 5.41) is 3.42. The molecule has 1 aromatic heterocycles. The minimum Gasteiger partial charge on any atom is -0.354 e. The third kappa shape index (κ3) is 7.17. The molecule has 122 valence electrons. The Morgan fingerprint density at radius 1 is 1.00 bits per heavy atom. The van der Waals surface area contributed by atoms with Crippen molar-refractivity contribution in [1.82, 2.24) is 9.88 Å². The van der Waals surface area contributed by atoms with Crippen LogP contribution in [-0.2, 0) is 6.54 Å². The first kappa shape index (κ1) is 18.3. The molecule has 1 atom stereocenters. The molecule has 2 heteroatoms. The van der Waals surface area contributed by atoms with Crippen LogP contribution in [0.5, 0.6) is 0 Å². The van der Waals surface area contributed by atoms with Crippen molar-refractivity contribution in [2.45, 2.75) is 84.7 Å². The summed E-state index contributed by atoms with van der Waals surface area (Å²) in [5.41, 5.74) is 1.42. The van der Waals surface area contributed by atoms with Crippen LogP contribution >= 0.6 is 0 Å². The molecule has 1 heterocycles. The van der Waals surface area contributed by atoms with Crippen molar-refractivity contribution in [3.63, 3.8) is 0 Å². The Labute approximate surface area is 132 Å². The molecule has 0 aromatic carbocycles. The molecule has 0 saturated carbocycles. The van der Waals surface area contributed by atoms with Crippen molar-refractivity contribution < 1.29 is 0 Å². The predicted molar refractivity (Wildman–Crippen MR) is 93.7 cm³/mol. The van der Waals surface area contributed by atoms with Crippen LogP contribution in [0.15, 0.2) is 18.5 Å². The highest BCUT2D eigenvalue weighted by Crippen LogP contribution is 2.21. The number of rotatable bonds is 12. The topological polar surface area (TPSA) is 17.0 Å². The van der Waals surface area contributed by atoms with E-state index in [1.807, 2.05) is 0 Å². The number of aromatic nitrogens is 1. The Morgan fingerprint density at radius 2 is 1.62 bits per heavy atom. The first-order chi connectivity index (χ1) is 10.2. The van der Waals surface area contributed by atoms with Gasteiger partial charge in [0.1, 0.15) is 0 Å². The molecule has 0 spiro atoms. The van der Waals surface area contributed by atoms with E-state index >= 15 is 0 Å². The maximum atomic E-state index is 3.42. The second kappa shape index (κ2) is 10.9. The summed E-state index contributed by atoms with van der Waals surface area (Å²) in [6.07, 6.45) is 15.7. The van der Waals surface area contributed by atoms with Gasteiger partial charge in [-0.25, -0.2) is 0 Å². The van der Waals surface area contributed by atoms with Gasteiger partial charge in [-0.15, -0.1) is 0 Å². The summed E-state index contributed by atoms with van der Waals surface area (Å²) in [7, 11) is 2.06. The van der Waals surface area contributed by atoms with Crippen LogP contribution in [0.3, 0.4) is 0 Å². The molecule has 0 aliphatic carbocycles. The molecule has 0 radical (unpaired) electrons. The van der Waals surface area contributed by atoms with Crippen molar-refractivity contribution in [1.29, 1.82) is 0 Å². The molecule has 0 aliphatic rings. The van der Waals surface area contributed by atoms with Gasteiger partial charge in [-0.2, -0.15) is 0 Å². The molecule has 1 N–H and O–H groups in total. The first-order valence-corrected chi connectivity index (χ1v) is 9.02. The van der Waals surface area contributed by atoms with Gasteiger partial charge in [0.2, 0.25) is 0 Å². The van der Waals surface area contributed by atoms with E-state index < -0.39 is 0 Å². The van der Waals surface area contributed by atoms with Crippen molar-refractivity contribution in [3.05, 3.63) is 24.0 Å². The van der Waals surface area contributed by atoms with Crippen molar-refractivity contribution in [2.24, 2.45) is 5.92 Å². The molecule has 2 nitrogen and oxygen atoms in total. The Kier molecular flexibility index (Phi) is 9.49. The zero-order chi connectivity index (χ0) is 15.5. The second-order valence-corrected chi connectivity index (χ2v) is 6.67. The molecule has 0 saturated heterocycles. The van der Waals surface area contributed by atoms with Crippen LogP contribution in [-0.4, -0.2) is 11.6 Å². The number of hydrogen-bond donors (Lipinski definition) is 1. The fraction of sp³-hybridized carbons (Fsp3) is 0.789. The molecule has 0 aliphatic heterocycles. The van der Waals surface area contributed by atoms with E-state index in [0.717, 1.165) is 0 Å². The third-order valence-corrected chi connectivity index (χ3v) is 4.38. The van der Waals surface area contributed by atoms with Crippen LogP contribution in [0, 0.1) is 5.92 Å². The van der Waals surface area contributed by atoms with Crippen molar-refractivity contribution in [2.75, 3.05) is 7.05 Å². The van der Waals surface area contributed by atoms with Crippen LogP contribution in [0.25, 0.3) is 0 Å². The smallest absolute Gasteiger partial charge is 0.0355 e. The maximum absolute atomic E-state index is 3.42. The lowest BCUT2D eigenvalue weighted by molar-refractivity contribution is 0.442. The van der Waals surface area contributed by atoms with Crippen LogP contribution in [0.1, 0.15) is 83.7 Å². The van der Waals surface area contributed by atoms with Crippen molar-refractivity contribution in [3.8, 4) is 0 Å². The number of hydrogen-bond acceptors (Lipinski definition) is 1. The Hall–Kier alpha value is -0.760. The van der Waals surface area contributed by atoms with E-state index in [1.165, 1.54) is 63.5 Å². The fourth-order valence-electron chi connectivity index (χ4n) is 3.10. The summed E-state index contributed by atoms with van der Waals surface area (Å²) in [6, 6.07) is 2.75. The van der Waals surface area contributed by atoms with Gasteiger partial charge in [-0.05, 0) is 31.0 Å². The number of unbranched alkanes of at least 4 members (excludes halogenated alkanes) is 7. The average Bonchev–Trinajstić information content (AvgIpc) is 2.91. The van der Waals surface area contributed by atoms with E-state index in [0.29, 0.717) is 12.0 Å². The molecule has 1 rings (SSSR count). The van der Waals surface area contributed by atoms with Gasteiger partial charge in [0.05, 0.1) is 0 Å². The lowest BCUT2D eigenvalue weighted by Gasteiger charge is -2.18. The summed E-state index contributed by atoms with van der Waals surface area (Å²) in [6.45, 7) is 8.00. The third-order valence-electron chi connectivity index (χ3n) is 4.38. The number of nitrogens with zero attached hydrogens (tertiary/aromatic N) is 1. The minimum atomic E-state index is 0.477. The van der Waals surface area contributed by atoms with Gasteiger partial charge in [-0.1, -0.05) is 65.7 Å². The quantitative estimate of drug-likeness (QED) is 0.500. The average molecular weight is 293 g/mol. The Balaban J connectivity index is 2.17. The number of nitrogens with one attached hydrogen (secondary N) is 1. The first-order valence-electron chi connectivity index (χ1n) is 9.02. The summed E-state index contributed by atoms with van der Waals surface area (Å²) < 4.78 is 2.36. The van der Waals surface area contributed by atoms with E-state index in [2.05, 4.69) is 56.2 Å². The zero-order valence-electron chi connectivity index (χ0n) is 14.7. The standard InChI is InChI=1S/C19H36N2/c1-5-6-7-8-9-10-11-12-14-21-15-13-18(16-21)19(20-4)17(2)3/h13,15-17,19-20H,5-12,14H2,1-4H3. The van der Waals surface area contributed by atoms with E-state index in [-0.39, 0.29) is 0 Å². The van der Waals surface area contributed by atoms with Gasteiger partial charge in [0.25, 0.3) is 0 Å². The molecular weight excluding hydrogens is 256 g/mol. The summed E-state index contributed by atoms with van der Waals surface area (Å²) >= 11 is 0. The highest BCUT2D eigenvalue weighted by Gasteiger charge is 2.14. The molecule has 0 bridgehead atoms. The molecule has 21 heavy (non-hydrogen) atoms.